The molecule has 0 radical (unpaired) electrons. The normalized spacial score (nSPS) is 12.1. The SMILES string of the molecule is CCCCCSC[C@H](NC(C)=O)C(=O)O. The van der Waals surface area contributed by atoms with Crippen LogP contribution in [0.1, 0.15) is 33.1 Å². The quantitative estimate of drug-likeness (QED) is 0.623. The molecule has 0 saturated heterocycles. The molecule has 2 N–H and O–H groups in total. The van der Waals surface area contributed by atoms with Gasteiger partial charge in [0.1, 0.15) is 6.04 Å². The molecule has 0 saturated carbocycles. The van der Waals surface area contributed by atoms with Gasteiger partial charge in [-0.25, -0.2) is 4.79 Å². The van der Waals surface area contributed by atoms with Gasteiger partial charge in [-0.15, -0.1) is 0 Å². The molecule has 0 fully saturated rings. The molecule has 88 valence electrons. The van der Waals surface area contributed by atoms with E-state index in [0.29, 0.717) is 5.75 Å². The van der Waals surface area contributed by atoms with Gasteiger partial charge in [0.05, 0.1) is 0 Å². The van der Waals surface area contributed by atoms with Crippen molar-refractivity contribution in [3.8, 4) is 0 Å². The molecule has 0 unspecified atom stereocenters. The van der Waals surface area contributed by atoms with E-state index >= 15 is 0 Å². The lowest BCUT2D eigenvalue weighted by Gasteiger charge is -2.12. The smallest absolute Gasteiger partial charge is 0.327 e. The van der Waals surface area contributed by atoms with Crippen molar-refractivity contribution in [1.82, 2.24) is 5.32 Å². The fourth-order valence-electron chi connectivity index (χ4n) is 1.08. The number of unbranched alkanes of at least 4 members (excludes halogenated alkanes) is 2. The molecule has 0 aliphatic heterocycles. The van der Waals surface area contributed by atoms with Crippen molar-refractivity contribution >= 4 is 23.6 Å². The van der Waals surface area contributed by atoms with Crippen LogP contribution in [-0.2, 0) is 9.59 Å². The zero-order valence-corrected chi connectivity index (χ0v) is 10.1. The first kappa shape index (κ1) is 14.3. The molecule has 0 spiro atoms. The number of carbonyl (C=O) groups excluding carboxylic acids is 1. The summed E-state index contributed by atoms with van der Waals surface area (Å²) < 4.78 is 0. The summed E-state index contributed by atoms with van der Waals surface area (Å²) in [6, 6.07) is -0.755. The first-order chi connectivity index (χ1) is 7.07. The van der Waals surface area contributed by atoms with E-state index in [1.807, 2.05) is 0 Å². The maximum Gasteiger partial charge on any atom is 0.327 e. The van der Waals surface area contributed by atoms with Gasteiger partial charge in [-0.3, -0.25) is 4.79 Å². The van der Waals surface area contributed by atoms with Crippen LogP contribution in [0.3, 0.4) is 0 Å². The summed E-state index contributed by atoms with van der Waals surface area (Å²) in [5.41, 5.74) is 0. The first-order valence-corrected chi connectivity index (χ1v) is 6.31. The van der Waals surface area contributed by atoms with Gasteiger partial charge < -0.3 is 10.4 Å². The number of amides is 1. The van der Waals surface area contributed by atoms with E-state index in [-0.39, 0.29) is 5.91 Å². The van der Waals surface area contributed by atoms with Crippen molar-refractivity contribution in [2.75, 3.05) is 11.5 Å². The van der Waals surface area contributed by atoms with Gasteiger partial charge in [0.25, 0.3) is 0 Å². The highest BCUT2D eigenvalue weighted by molar-refractivity contribution is 7.99. The zero-order chi connectivity index (χ0) is 11.7. The number of nitrogens with one attached hydrogen (secondary N) is 1. The molecule has 0 rings (SSSR count). The Morgan fingerprint density at radius 3 is 2.53 bits per heavy atom. The summed E-state index contributed by atoms with van der Waals surface area (Å²) in [4.78, 5) is 21.4. The molecule has 15 heavy (non-hydrogen) atoms. The molecule has 0 heterocycles. The highest BCUT2D eigenvalue weighted by Crippen LogP contribution is 2.08. The summed E-state index contributed by atoms with van der Waals surface area (Å²) >= 11 is 1.58. The van der Waals surface area contributed by atoms with Crippen LogP contribution in [0.2, 0.25) is 0 Å². The maximum atomic E-state index is 10.7. The second-order valence-corrected chi connectivity index (χ2v) is 4.52. The van der Waals surface area contributed by atoms with E-state index in [2.05, 4.69) is 12.2 Å². The Morgan fingerprint density at radius 2 is 2.07 bits per heavy atom. The summed E-state index contributed by atoms with van der Waals surface area (Å²) in [7, 11) is 0. The Labute approximate surface area is 94.8 Å². The number of carboxylic acids is 1. The maximum absolute atomic E-state index is 10.7. The van der Waals surface area contributed by atoms with Crippen molar-refractivity contribution in [1.29, 1.82) is 0 Å². The predicted molar refractivity (Wildman–Crippen MR) is 62.1 cm³/mol. The molecule has 0 aromatic heterocycles. The van der Waals surface area contributed by atoms with Crippen molar-refractivity contribution in [3.63, 3.8) is 0 Å². The Balaban J connectivity index is 3.67. The molecular weight excluding hydrogens is 214 g/mol. The summed E-state index contributed by atoms with van der Waals surface area (Å²) in [6.07, 6.45) is 3.44. The van der Waals surface area contributed by atoms with E-state index in [4.69, 9.17) is 5.11 Å². The molecule has 1 atom stereocenters. The van der Waals surface area contributed by atoms with Crippen LogP contribution >= 0.6 is 11.8 Å². The lowest BCUT2D eigenvalue weighted by atomic mass is 10.3. The van der Waals surface area contributed by atoms with Gasteiger partial charge in [0.15, 0.2) is 0 Å². The van der Waals surface area contributed by atoms with E-state index in [1.54, 1.807) is 11.8 Å². The molecule has 1 amide bonds. The molecule has 0 bridgehead atoms. The third-order valence-electron chi connectivity index (χ3n) is 1.85. The second-order valence-electron chi connectivity index (χ2n) is 3.37. The highest BCUT2D eigenvalue weighted by Gasteiger charge is 2.17. The fraction of sp³-hybridized carbons (Fsp3) is 0.800. The molecule has 0 aliphatic rings. The average molecular weight is 233 g/mol. The Bertz CT molecular complexity index is 209. The Kier molecular flexibility index (Phi) is 8.18. The first-order valence-electron chi connectivity index (χ1n) is 5.15. The van der Waals surface area contributed by atoms with Gasteiger partial charge in [-0.05, 0) is 12.2 Å². The molecule has 5 heteroatoms. The Hall–Kier alpha value is -0.710. The van der Waals surface area contributed by atoms with E-state index in [0.717, 1.165) is 18.6 Å². The van der Waals surface area contributed by atoms with Gasteiger partial charge in [-0.1, -0.05) is 19.8 Å². The van der Waals surface area contributed by atoms with Gasteiger partial charge in [-0.2, -0.15) is 11.8 Å². The topological polar surface area (TPSA) is 66.4 Å². The van der Waals surface area contributed by atoms with Gasteiger partial charge in [0.2, 0.25) is 5.91 Å². The van der Waals surface area contributed by atoms with Gasteiger partial charge >= 0.3 is 5.97 Å². The molecular formula is C10H19NO3S. The number of hydrogen-bond acceptors (Lipinski definition) is 3. The minimum Gasteiger partial charge on any atom is -0.480 e. The van der Waals surface area contributed by atoms with Crippen molar-refractivity contribution in [2.24, 2.45) is 0 Å². The molecule has 0 aromatic rings. The standard InChI is InChI=1S/C10H19NO3S/c1-3-4-5-6-15-7-9(10(13)14)11-8(2)12/h9H,3-7H2,1-2H3,(H,11,12)(H,13,14)/t9-/m0/s1. The lowest BCUT2D eigenvalue weighted by molar-refractivity contribution is -0.140. The van der Waals surface area contributed by atoms with Crippen LogP contribution in [-0.4, -0.2) is 34.5 Å². The third-order valence-corrected chi connectivity index (χ3v) is 3.00. The molecule has 0 aliphatic carbocycles. The van der Waals surface area contributed by atoms with Crippen molar-refractivity contribution < 1.29 is 14.7 Å². The third kappa shape index (κ3) is 8.30. The summed E-state index contributed by atoms with van der Waals surface area (Å²) in [5, 5.41) is 11.2. The fourth-order valence-corrected chi connectivity index (χ4v) is 2.11. The largest absolute Gasteiger partial charge is 0.480 e. The molecule has 0 aromatic carbocycles. The van der Waals surface area contributed by atoms with Crippen LogP contribution < -0.4 is 5.32 Å². The highest BCUT2D eigenvalue weighted by atomic mass is 32.2. The number of thioether (sulfide) groups is 1. The number of rotatable bonds is 8. The number of aliphatic carboxylic acids is 1. The molecule has 4 nitrogen and oxygen atoms in total. The lowest BCUT2D eigenvalue weighted by Crippen LogP contribution is -2.41. The summed E-state index contributed by atoms with van der Waals surface area (Å²) in [6.45, 7) is 3.46. The minimum absolute atomic E-state index is 0.295. The van der Waals surface area contributed by atoms with Crippen LogP contribution in [0.5, 0.6) is 0 Å². The second kappa shape index (κ2) is 8.59. The Morgan fingerprint density at radius 1 is 1.40 bits per heavy atom. The van der Waals surface area contributed by atoms with Crippen molar-refractivity contribution in [3.05, 3.63) is 0 Å². The summed E-state index contributed by atoms with van der Waals surface area (Å²) in [5.74, 6) is 0.139. The van der Waals surface area contributed by atoms with E-state index in [1.165, 1.54) is 13.3 Å². The van der Waals surface area contributed by atoms with Gasteiger partial charge in [0, 0.05) is 12.7 Å². The number of hydrogen-bond donors (Lipinski definition) is 2. The van der Waals surface area contributed by atoms with Crippen LogP contribution in [0.4, 0.5) is 0 Å². The van der Waals surface area contributed by atoms with Crippen molar-refractivity contribution in [2.45, 2.75) is 39.2 Å². The van der Waals surface area contributed by atoms with Crippen LogP contribution in [0.25, 0.3) is 0 Å². The zero-order valence-electron chi connectivity index (χ0n) is 9.28. The van der Waals surface area contributed by atoms with E-state index < -0.39 is 12.0 Å². The predicted octanol–water partition coefficient (Wildman–Crippen LogP) is 1.50. The van der Waals surface area contributed by atoms with Crippen LogP contribution in [0, 0.1) is 0 Å². The number of carbonyl (C=O) groups is 2. The minimum atomic E-state index is -0.965. The average Bonchev–Trinajstić information content (AvgIpc) is 2.15. The van der Waals surface area contributed by atoms with E-state index in [9.17, 15) is 9.59 Å². The van der Waals surface area contributed by atoms with Crippen LogP contribution in [0.15, 0.2) is 0 Å². The monoisotopic (exact) mass is 233 g/mol. The number of carboxylic acid groups (broad SMARTS) is 1.